The minimum absolute atomic E-state index is 0.155. The lowest BCUT2D eigenvalue weighted by atomic mass is 10.1. The quantitative estimate of drug-likeness (QED) is 0.539. The predicted octanol–water partition coefficient (Wildman–Crippen LogP) is 3.04. The van der Waals surface area contributed by atoms with E-state index in [1.165, 1.54) is 0 Å². The summed E-state index contributed by atoms with van der Waals surface area (Å²) in [7, 11) is 0. The van der Waals surface area contributed by atoms with Gasteiger partial charge in [-0.1, -0.05) is 36.4 Å². The summed E-state index contributed by atoms with van der Waals surface area (Å²) in [5.41, 5.74) is 3.62. The van der Waals surface area contributed by atoms with Crippen molar-refractivity contribution >= 4 is 16.8 Å². The zero-order valence-electron chi connectivity index (χ0n) is 14.6. The standard InChI is InChI=1S/C20H16N6O/c1-13(14-7-3-2-4-8-14)26-19-15(23-20(26)27)11-22-18(24-19)16-12-21-17-9-5-6-10-25(16)17/h2-13H,1H3,(H,23,27)/t13-/m1/s1. The molecule has 1 N–H and O–H groups in total. The summed E-state index contributed by atoms with van der Waals surface area (Å²) in [6.45, 7) is 1.99. The zero-order valence-corrected chi connectivity index (χ0v) is 14.6. The van der Waals surface area contributed by atoms with E-state index in [1.54, 1.807) is 17.0 Å². The Bertz CT molecular complexity index is 1310. The Morgan fingerprint density at radius 1 is 1.00 bits per heavy atom. The zero-order chi connectivity index (χ0) is 18.4. The van der Waals surface area contributed by atoms with Crippen LogP contribution in [-0.4, -0.2) is 28.9 Å². The third-order valence-electron chi connectivity index (χ3n) is 4.77. The van der Waals surface area contributed by atoms with Gasteiger partial charge in [-0.3, -0.25) is 8.97 Å². The van der Waals surface area contributed by atoms with Gasteiger partial charge in [0.2, 0.25) is 0 Å². The topological polar surface area (TPSA) is 80.9 Å². The fraction of sp³-hybridized carbons (Fsp3) is 0.100. The molecule has 1 atom stereocenters. The summed E-state index contributed by atoms with van der Waals surface area (Å²) >= 11 is 0. The number of aromatic nitrogens is 6. The SMILES string of the molecule is C[C@H](c1ccccc1)n1c(=O)[nH]c2cnc(-c3cnc4ccccn34)nc21. The first kappa shape index (κ1) is 15.5. The molecule has 0 aliphatic rings. The Balaban J connectivity index is 1.71. The molecule has 0 amide bonds. The average Bonchev–Trinajstić information content (AvgIpc) is 3.28. The molecule has 5 rings (SSSR count). The second-order valence-electron chi connectivity index (χ2n) is 6.39. The second kappa shape index (κ2) is 5.91. The molecular formula is C20H16N6O. The Kier molecular flexibility index (Phi) is 3.39. The Morgan fingerprint density at radius 3 is 2.67 bits per heavy atom. The monoisotopic (exact) mass is 356 g/mol. The molecule has 5 aromatic rings. The first-order chi connectivity index (χ1) is 13.2. The number of imidazole rings is 2. The summed E-state index contributed by atoms with van der Waals surface area (Å²) in [6.07, 6.45) is 5.31. The van der Waals surface area contributed by atoms with Crippen molar-refractivity contribution in [3.05, 3.63) is 83.2 Å². The van der Waals surface area contributed by atoms with Crippen molar-refractivity contribution in [2.75, 3.05) is 0 Å². The van der Waals surface area contributed by atoms with E-state index in [0.29, 0.717) is 17.0 Å². The third-order valence-corrected chi connectivity index (χ3v) is 4.77. The van der Waals surface area contributed by atoms with Gasteiger partial charge in [0.15, 0.2) is 11.5 Å². The van der Waals surface area contributed by atoms with Crippen LogP contribution in [-0.2, 0) is 0 Å². The molecule has 1 aromatic carbocycles. The second-order valence-corrected chi connectivity index (χ2v) is 6.39. The van der Waals surface area contributed by atoms with Gasteiger partial charge in [-0.25, -0.2) is 19.7 Å². The van der Waals surface area contributed by atoms with Crippen LogP contribution >= 0.6 is 0 Å². The van der Waals surface area contributed by atoms with Gasteiger partial charge < -0.3 is 4.98 Å². The van der Waals surface area contributed by atoms with Gasteiger partial charge in [0.1, 0.15) is 16.9 Å². The van der Waals surface area contributed by atoms with Crippen LogP contribution in [0.2, 0.25) is 0 Å². The highest BCUT2D eigenvalue weighted by Gasteiger charge is 2.18. The number of pyridine rings is 1. The van der Waals surface area contributed by atoms with Crippen LogP contribution < -0.4 is 5.69 Å². The van der Waals surface area contributed by atoms with Crippen molar-refractivity contribution in [2.45, 2.75) is 13.0 Å². The summed E-state index contributed by atoms with van der Waals surface area (Å²) in [5.74, 6) is 0.522. The van der Waals surface area contributed by atoms with Crippen LogP contribution in [0.25, 0.3) is 28.3 Å². The van der Waals surface area contributed by atoms with E-state index in [-0.39, 0.29) is 11.7 Å². The molecule has 4 aromatic heterocycles. The molecule has 0 aliphatic heterocycles. The van der Waals surface area contributed by atoms with Crippen LogP contribution in [0.1, 0.15) is 18.5 Å². The van der Waals surface area contributed by atoms with Crippen LogP contribution in [0.4, 0.5) is 0 Å². The number of nitrogens with zero attached hydrogens (tertiary/aromatic N) is 5. The first-order valence-corrected chi connectivity index (χ1v) is 8.67. The van der Waals surface area contributed by atoms with Gasteiger partial charge >= 0.3 is 5.69 Å². The van der Waals surface area contributed by atoms with Gasteiger partial charge in [-0.2, -0.15) is 0 Å². The van der Waals surface area contributed by atoms with Gasteiger partial charge in [0.05, 0.1) is 18.4 Å². The minimum Gasteiger partial charge on any atom is -0.303 e. The number of fused-ring (bicyclic) bond motifs is 2. The summed E-state index contributed by atoms with van der Waals surface area (Å²) in [6, 6.07) is 15.5. The van der Waals surface area contributed by atoms with E-state index in [2.05, 4.69) is 15.0 Å². The molecule has 0 spiro atoms. The minimum atomic E-state index is -0.203. The van der Waals surface area contributed by atoms with Gasteiger partial charge in [-0.15, -0.1) is 0 Å². The number of nitrogens with one attached hydrogen (secondary N) is 1. The molecule has 0 unspecified atom stereocenters. The highest BCUT2D eigenvalue weighted by molar-refractivity contribution is 5.73. The largest absolute Gasteiger partial charge is 0.328 e. The molecule has 0 bridgehead atoms. The van der Waals surface area contributed by atoms with Crippen LogP contribution in [0.3, 0.4) is 0 Å². The number of hydrogen-bond donors (Lipinski definition) is 1. The summed E-state index contributed by atoms with van der Waals surface area (Å²) in [4.78, 5) is 29.0. The van der Waals surface area contributed by atoms with Crippen molar-refractivity contribution in [1.29, 1.82) is 0 Å². The van der Waals surface area contributed by atoms with Crippen LogP contribution in [0.15, 0.2) is 71.9 Å². The third kappa shape index (κ3) is 2.43. The van der Waals surface area contributed by atoms with E-state index in [4.69, 9.17) is 4.98 Å². The van der Waals surface area contributed by atoms with E-state index in [0.717, 1.165) is 16.9 Å². The number of hydrogen-bond acceptors (Lipinski definition) is 4. The lowest BCUT2D eigenvalue weighted by molar-refractivity contribution is 0.630. The maximum atomic E-state index is 12.6. The highest BCUT2D eigenvalue weighted by atomic mass is 16.1. The molecule has 0 aliphatic carbocycles. The van der Waals surface area contributed by atoms with E-state index in [9.17, 15) is 4.79 Å². The molecule has 0 saturated carbocycles. The molecule has 7 heteroatoms. The first-order valence-electron chi connectivity index (χ1n) is 8.67. The van der Waals surface area contributed by atoms with Gasteiger partial charge in [-0.05, 0) is 24.6 Å². The smallest absolute Gasteiger partial charge is 0.303 e. The van der Waals surface area contributed by atoms with E-state index in [1.807, 2.05) is 66.1 Å². The maximum Gasteiger partial charge on any atom is 0.328 e. The van der Waals surface area contributed by atoms with Crippen LogP contribution in [0, 0.1) is 0 Å². The fourth-order valence-corrected chi connectivity index (χ4v) is 3.38. The van der Waals surface area contributed by atoms with E-state index >= 15 is 0 Å². The molecule has 27 heavy (non-hydrogen) atoms. The Morgan fingerprint density at radius 2 is 1.81 bits per heavy atom. The van der Waals surface area contributed by atoms with Crippen LogP contribution in [0.5, 0.6) is 0 Å². The number of rotatable bonds is 3. The Hall–Kier alpha value is -3.74. The van der Waals surface area contributed by atoms with Gasteiger partial charge in [0.25, 0.3) is 0 Å². The van der Waals surface area contributed by atoms with Crippen molar-refractivity contribution in [1.82, 2.24) is 28.9 Å². The highest BCUT2D eigenvalue weighted by Crippen LogP contribution is 2.22. The van der Waals surface area contributed by atoms with Gasteiger partial charge in [0, 0.05) is 6.20 Å². The summed E-state index contributed by atoms with van der Waals surface area (Å²) in [5, 5.41) is 0. The summed E-state index contributed by atoms with van der Waals surface area (Å²) < 4.78 is 3.59. The van der Waals surface area contributed by atoms with Crippen molar-refractivity contribution in [2.24, 2.45) is 0 Å². The lowest BCUT2D eigenvalue weighted by Gasteiger charge is -2.13. The van der Waals surface area contributed by atoms with Crippen molar-refractivity contribution < 1.29 is 0 Å². The lowest BCUT2D eigenvalue weighted by Crippen LogP contribution is -2.21. The van der Waals surface area contributed by atoms with E-state index < -0.39 is 0 Å². The average molecular weight is 356 g/mol. The molecular weight excluding hydrogens is 340 g/mol. The fourth-order valence-electron chi connectivity index (χ4n) is 3.38. The Labute approximate surface area is 154 Å². The molecule has 0 saturated heterocycles. The normalized spacial score (nSPS) is 12.6. The predicted molar refractivity (Wildman–Crippen MR) is 103 cm³/mol. The van der Waals surface area contributed by atoms with Crippen molar-refractivity contribution in [3.8, 4) is 11.5 Å². The molecule has 7 nitrogen and oxygen atoms in total. The van der Waals surface area contributed by atoms with Crippen molar-refractivity contribution in [3.63, 3.8) is 0 Å². The molecule has 4 heterocycles. The number of aromatic amines is 1. The number of benzene rings is 1. The maximum absolute atomic E-state index is 12.6. The number of H-pyrrole nitrogens is 1. The molecule has 132 valence electrons. The molecule has 0 radical (unpaired) electrons. The molecule has 0 fully saturated rings.